The number of hydrogen-bond donors (Lipinski definition) is 1. The van der Waals surface area contributed by atoms with Crippen LogP contribution in [-0.4, -0.2) is 36.4 Å². The molecular weight excluding hydrogens is 345 g/mol. The molecule has 2 rings (SSSR count). The number of carbonyl (C=O) groups is 2. The largest absolute Gasteiger partial charge is 0.462 e. The van der Waals surface area contributed by atoms with Crippen LogP contribution in [0.4, 0.5) is 9.18 Å². The van der Waals surface area contributed by atoms with Gasteiger partial charge < -0.3 is 4.74 Å². The van der Waals surface area contributed by atoms with Crippen molar-refractivity contribution in [3.63, 3.8) is 0 Å². The molecule has 0 fully saturated rings. The molecule has 1 heterocycles. The summed E-state index contributed by atoms with van der Waals surface area (Å²) in [4.78, 5) is 23.7. The summed E-state index contributed by atoms with van der Waals surface area (Å²) in [5.74, 6) is -1.29. The van der Waals surface area contributed by atoms with Crippen molar-refractivity contribution in [1.29, 1.82) is 0 Å². The van der Waals surface area contributed by atoms with Crippen molar-refractivity contribution >= 4 is 41.8 Å². The summed E-state index contributed by atoms with van der Waals surface area (Å²) in [7, 11) is 0. The monoisotopic (exact) mass is 359 g/mol. The lowest BCUT2D eigenvalue weighted by atomic mass is 10.2. The number of ether oxygens (including phenoxy) is 1. The van der Waals surface area contributed by atoms with E-state index >= 15 is 0 Å². The van der Waals surface area contributed by atoms with Gasteiger partial charge in [0.15, 0.2) is 0 Å². The van der Waals surface area contributed by atoms with Gasteiger partial charge in [-0.25, -0.2) is 19.0 Å². The zero-order valence-corrected chi connectivity index (χ0v) is 13.9. The Kier molecular flexibility index (Phi) is 6.23. The topological polar surface area (TPSA) is 71.0 Å². The fourth-order valence-corrected chi connectivity index (χ4v) is 2.69. The predicted octanol–water partition coefficient (Wildman–Crippen LogP) is 3.45. The van der Waals surface area contributed by atoms with E-state index < -0.39 is 17.8 Å². The molecule has 0 atom stereocenters. The van der Waals surface area contributed by atoms with E-state index in [-0.39, 0.29) is 22.1 Å². The Morgan fingerprint density at radius 3 is 2.96 bits per heavy atom. The second-order valence-corrected chi connectivity index (χ2v) is 5.81. The Morgan fingerprint density at radius 1 is 1.52 bits per heavy atom. The number of hydrogen-bond acceptors (Lipinski definition) is 5. The number of carbonyl (C=O) groups excluding carboxylic acids is 2. The minimum Gasteiger partial charge on any atom is -0.462 e. The van der Waals surface area contributed by atoms with E-state index in [1.807, 2.05) is 0 Å². The standard InChI is InChI=1S/C14H15ClFN3O3S/c1-2-22-13(20)9-7-12(11(16)8-10(9)15)23-18-14(21)19-6-4-3-5-17-19/h5,7-8H,2-4,6H2,1H3,(H,18,21). The Morgan fingerprint density at radius 2 is 2.30 bits per heavy atom. The van der Waals surface area contributed by atoms with E-state index in [2.05, 4.69) is 9.82 Å². The lowest BCUT2D eigenvalue weighted by Crippen LogP contribution is -2.35. The molecule has 1 aliphatic rings. The molecular formula is C14H15ClFN3O3S. The number of benzene rings is 1. The second-order valence-electron chi connectivity index (χ2n) is 4.56. The minimum absolute atomic E-state index is 0.0441. The summed E-state index contributed by atoms with van der Waals surface area (Å²) < 4.78 is 21.3. The highest BCUT2D eigenvalue weighted by molar-refractivity contribution is 7.98. The molecule has 1 N–H and O–H groups in total. The number of nitrogens with zero attached hydrogens (tertiary/aromatic N) is 2. The van der Waals surface area contributed by atoms with Crippen LogP contribution in [0.1, 0.15) is 30.1 Å². The van der Waals surface area contributed by atoms with Gasteiger partial charge in [0.1, 0.15) is 5.82 Å². The molecule has 0 bridgehead atoms. The zero-order valence-electron chi connectivity index (χ0n) is 12.3. The number of esters is 1. The van der Waals surface area contributed by atoms with Crippen LogP contribution in [0, 0.1) is 5.82 Å². The second kappa shape index (κ2) is 8.16. The van der Waals surface area contributed by atoms with E-state index in [1.54, 1.807) is 13.1 Å². The lowest BCUT2D eigenvalue weighted by Gasteiger charge is -2.19. The maximum atomic E-state index is 13.9. The molecule has 0 radical (unpaired) electrons. The van der Waals surface area contributed by atoms with Crippen LogP contribution in [0.3, 0.4) is 0 Å². The van der Waals surface area contributed by atoms with Gasteiger partial charge in [-0.3, -0.25) is 4.72 Å². The highest BCUT2D eigenvalue weighted by Gasteiger charge is 2.19. The van der Waals surface area contributed by atoms with Crippen molar-refractivity contribution in [2.75, 3.05) is 13.2 Å². The van der Waals surface area contributed by atoms with E-state index in [1.165, 1.54) is 11.1 Å². The number of urea groups is 1. The molecule has 1 aliphatic heterocycles. The number of halogens is 2. The predicted molar refractivity (Wildman–Crippen MR) is 86.2 cm³/mol. The number of rotatable bonds is 4. The van der Waals surface area contributed by atoms with Gasteiger partial charge in [-0.1, -0.05) is 11.6 Å². The molecule has 0 spiro atoms. The summed E-state index contributed by atoms with van der Waals surface area (Å²) >= 11 is 6.60. The molecule has 1 aromatic rings. The van der Waals surface area contributed by atoms with Crippen molar-refractivity contribution < 1.29 is 18.7 Å². The van der Waals surface area contributed by atoms with E-state index in [9.17, 15) is 14.0 Å². The lowest BCUT2D eigenvalue weighted by molar-refractivity contribution is 0.0526. The molecule has 0 saturated heterocycles. The quantitative estimate of drug-likeness (QED) is 0.660. The van der Waals surface area contributed by atoms with Gasteiger partial charge >= 0.3 is 12.0 Å². The van der Waals surface area contributed by atoms with Gasteiger partial charge in [-0.15, -0.1) is 0 Å². The van der Waals surface area contributed by atoms with Gasteiger partial charge in [0.25, 0.3) is 0 Å². The van der Waals surface area contributed by atoms with Crippen LogP contribution in [0.2, 0.25) is 5.02 Å². The molecule has 0 aromatic heterocycles. The minimum atomic E-state index is -0.647. The van der Waals surface area contributed by atoms with E-state index in [4.69, 9.17) is 16.3 Å². The Hall–Kier alpha value is -1.80. The molecule has 0 aliphatic carbocycles. The third-order valence-corrected chi connectivity index (χ3v) is 4.05. The Balaban J connectivity index is 2.08. The normalized spacial score (nSPS) is 13.8. The van der Waals surface area contributed by atoms with Gasteiger partial charge in [0, 0.05) is 12.8 Å². The van der Waals surface area contributed by atoms with Gasteiger partial charge in [-0.05, 0) is 43.8 Å². The van der Waals surface area contributed by atoms with Crippen molar-refractivity contribution in [2.24, 2.45) is 5.10 Å². The summed E-state index contributed by atoms with van der Waals surface area (Å²) in [6.07, 6.45) is 3.30. The van der Waals surface area contributed by atoms with Gasteiger partial charge in [-0.2, -0.15) is 5.10 Å². The summed E-state index contributed by atoms with van der Waals surface area (Å²) in [5.41, 5.74) is 0.0441. The molecule has 1 aromatic carbocycles. The van der Waals surface area contributed by atoms with Crippen molar-refractivity contribution in [1.82, 2.24) is 9.73 Å². The van der Waals surface area contributed by atoms with Gasteiger partial charge in [0.05, 0.1) is 22.1 Å². The number of nitrogens with one attached hydrogen (secondary N) is 1. The number of hydrazone groups is 1. The number of amides is 2. The maximum Gasteiger partial charge on any atom is 0.348 e. The third-order valence-electron chi connectivity index (χ3n) is 2.92. The first-order valence-corrected chi connectivity index (χ1v) is 8.15. The van der Waals surface area contributed by atoms with Gasteiger partial charge in [0.2, 0.25) is 0 Å². The molecule has 0 unspecified atom stereocenters. The van der Waals surface area contributed by atoms with Crippen LogP contribution in [0.25, 0.3) is 0 Å². The van der Waals surface area contributed by atoms with E-state index in [0.29, 0.717) is 6.54 Å². The highest BCUT2D eigenvalue weighted by Crippen LogP contribution is 2.27. The Labute approximate surface area is 142 Å². The fraction of sp³-hybridized carbons (Fsp3) is 0.357. The van der Waals surface area contributed by atoms with Crippen LogP contribution in [0.15, 0.2) is 22.1 Å². The SMILES string of the molecule is CCOC(=O)c1cc(SNC(=O)N2CCCC=N2)c(F)cc1Cl. The summed E-state index contributed by atoms with van der Waals surface area (Å²) in [6.45, 7) is 2.34. The van der Waals surface area contributed by atoms with Crippen molar-refractivity contribution in [3.05, 3.63) is 28.5 Å². The van der Waals surface area contributed by atoms with E-state index in [0.717, 1.165) is 30.9 Å². The summed E-state index contributed by atoms with van der Waals surface area (Å²) in [6, 6.07) is 1.81. The molecule has 0 saturated carbocycles. The third kappa shape index (κ3) is 4.59. The molecule has 9 heteroatoms. The molecule has 2 amide bonds. The first-order chi connectivity index (χ1) is 11.0. The average molecular weight is 360 g/mol. The van der Waals surface area contributed by atoms with Crippen molar-refractivity contribution in [3.8, 4) is 0 Å². The van der Waals surface area contributed by atoms with Crippen LogP contribution < -0.4 is 4.72 Å². The fourth-order valence-electron chi connectivity index (χ4n) is 1.82. The molecule has 6 nitrogen and oxygen atoms in total. The van der Waals surface area contributed by atoms with Crippen molar-refractivity contribution in [2.45, 2.75) is 24.7 Å². The smallest absolute Gasteiger partial charge is 0.348 e. The zero-order chi connectivity index (χ0) is 16.8. The first kappa shape index (κ1) is 17.6. The van der Waals surface area contributed by atoms with Crippen LogP contribution in [-0.2, 0) is 4.74 Å². The van der Waals surface area contributed by atoms with Crippen LogP contribution in [0.5, 0.6) is 0 Å². The Bertz CT molecular complexity index is 642. The first-order valence-electron chi connectivity index (χ1n) is 6.96. The maximum absolute atomic E-state index is 13.9. The van der Waals surface area contributed by atoms with Crippen LogP contribution >= 0.6 is 23.5 Å². The highest BCUT2D eigenvalue weighted by atomic mass is 35.5. The summed E-state index contributed by atoms with van der Waals surface area (Å²) in [5, 5.41) is 5.16. The molecule has 23 heavy (non-hydrogen) atoms. The molecule has 124 valence electrons. The average Bonchev–Trinajstić information content (AvgIpc) is 2.54.